The van der Waals surface area contributed by atoms with Crippen molar-refractivity contribution in [2.75, 3.05) is 6.54 Å². The topological polar surface area (TPSA) is 63.3 Å². The fraction of sp³-hybridized carbons (Fsp3) is 0.300. The SMILES string of the molecule is Cc1ccc([C@H](CN)C(=O)O)cc1. The van der Waals surface area contributed by atoms with Crippen molar-refractivity contribution in [3.63, 3.8) is 0 Å². The molecule has 3 N–H and O–H groups in total. The quantitative estimate of drug-likeness (QED) is 0.730. The number of hydrogen-bond acceptors (Lipinski definition) is 2. The fourth-order valence-electron chi connectivity index (χ4n) is 1.18. The summed E-state index contributed by atoms with van der Waals surface area (Å²) in [6.07, 6.45) is 0. The van der Waals surface area contributed by atoms with Gasteiger partial charge < -0.3 is 10.8 Å². The van der Waals surface area contributed by atoms with E-state index in [-0.39, 0.29) is 6.54 Å². The average Bonchev–Trinajstić information content (AvgIpc) is 2.09. The second-order valence-corrected chi connectivity index (χ2v) is 3.04. The minimum Gasteiger partial charge on any atom is -0.481 e. The van der Waals surface area contributed by atoms with Gasteiger partial charge in [-0.05, 0) is 12.5 Å². The third kappa shape index (κ3) is 2.29. The first-order chi connectivity index (χ1) is 6.15. The molecule has 1 rings (SSSR count). The van der Waals surface area contributed by atoms with Crippen LogP contribution >= 0.6 is 0 Å². The van der Waals surface area contributed by atoms with Crippen LogP contribution < -0.4 is 5.73 Å². The van der Waals surface area contributed by atoms with Crippen LogP contribution in [0, 0.1) is 6.92 Å². The van der Waals surface area contributed by atoms with Crippen LogP contribution in [-0.4, -0.2) is 17.6 Å². The number of benzene rings is 1. The molecule has 0 aromatic heterocycles. The molecule has 0 aliphatic rings. The molecule has 0 aliphatic heterocycles. The van der Waals surface area contributed by atoms with Crippen molar-refractivity contribution < 1.29 is 9.90 Å². The summed E-state index contributed by atoms with van der Waals surface area (Å²) in [6.45, 7) is 2.10. The van der Waals surface area contributed by atoms with E-state index in [2.05, 4.69) is 0 Å². The second-order valence-electron chi connectivity index (χ2n) is 3.04. The van der Waals surface area contributed by atoms with E-state index in [1.54, 1.807) is 12.1 Å². The van der Waals surface area contributed by atoms with Crippen molar-refractivity contribution in [3.8, 4) is 0 Å². The van der Waals surface area contributed by atoms with Crippen LogP contribution in [0.25, 0.3) is 0 Å². The molecule has 0 spiro atoms. The maximum Gasteiger partial charge on any atom is 0.312 e. The minimum atomic E-state index is -0.869. The number of aryl methyl sites for hydroxylation is 1. The Bertz CT molecular complexity index is 292. The van der Waals surface area contributed by atoms with Crippen LogP contribution in [0.1, 0.15) is 17.0 Å². The predicted octanol–water partition coefficient (Wildman–Crippen LogP) is 1.12. The van der Waals surface area contributed by atoms with E-state index in [9.17, 15) is 4.79 Å². The molecule has 0 saturated heterocycles. The predicted molar refractivity (Wildman–Crippen MR) is 50.6 cm³/mol. The van der Waals surface area contributed by atoms with Gasteiger partial charge >= 0.3 is 5.97 Å². The molecule has 0 heterocycles. The molecule has 0 unspecified atom stereocenters. The minimum absolute atomic E-state index is 0.137. The summed E-state index contributed by atoms with van der Waals surface area (Å²) in [5, 5.41) is 8.82. The summed E-state index contributed by atoms with van der Waals surface area (Å²) in [5.74, 6) is -1.45. The van der Waals surface area contributed by atoms with E-state index in [1.807, 2.05) is 19.1 Å². The zero-order chi connectivity index (χ0) is 9.84. The van der Waals surface area contributed by atoms with E-state index in [4.69, 9.17) is 10.8 Å². The molecule has 0 radical (unpaired) electrons. The van der Waals surface area contributed by atoms with Crippen molar-refractivity contribution in [2.45, 2.75) is 12.8 Å². The van der Waals surface area contributed by atoms with E-state index < -0.39 is 11.9 Å². The molecule has 1 atom stereocenters. The Kier molecular flexibility index (Phi) is 3.03. The number of hydrogen-bond donors (Lipinski definition) is 2. The van der Waals surface area contributed by atoms with Gasteiger partial charge in [-0.15, -0.1) is 0 Å². The maximum atomic E-state index is 10.7. The fourth-order valence-corrected chi connectivity index (χ4v) is 1.18. The van der Waals surface area contributed by atoms with Gasteiger partial charge in [0, 0.05) is 6.54 Å². The Hall–Kier alpha value is -1.35. The number of nitrogens with two attached hydrogens (primary N) is 1. The lowest BCUT2D eigenvalue weighted by molar-refractivity contribution is -0.138. The lowest BCUT2D eigenvalue weighted by Gasteiger charge is -2.09. The lowest BCUT2D eigenvalue weighted by atomic mass is 9.99. The van der Waals surface area contributed by atoms with Gasteiger partial charge in [0.1, 0.15) is 0 Å². The largest absolute Gasteiger partial charge is 0.481 e. The molecule has 0 bridgehead atoms. The molecule has 70 valence electrons. The van der Waals surface area contributed by atoms with Gasteiger partial charge in [-0.25, -0.2) is 0 Å². The van der Waals surface area contributed by atoms with E-state index >= 15 is 0 Å². The number of rotatable bonds is 3. The Morgan fingerprint density at radius 3 is 2.38 bits per heavy atom. The van der Waals surface area contributed by atoms with Gasteiger partial charge in [-0.2, -0.15) is 0 Å². The smallest absolute Gasteiger partial charge is 0.312 e. The van der Waals surface area contributed by atoms with E-state index in [0.717, 1.165) is 11.1 Å². The Balaban J connectivity index is 2.92. The van der Waals surface area contributed by atoms with Gasteiger partial charge in [0.05, 0.1) is 5.92 Å². The highest BCUT2D eigenvalue weighted by Crippen LogP contribution is 2.15. The third-order valence-electron chi connectivity index (χ3n) is 2.01. The molecule has 0 fully saturated rings. The summed E-state index contributed by atoms with van der Waals surface area (Å²) in [4.78, 5) is 10.7. The summed E-state index contributed by atoms with van der Waals surface area (Å²) in [7, 11) is 0. The van der Waals surface area contributed by atoms with Crippen molar-refractivity contribution in [1.29, 1.82) is 0 Å². The van der Waals surface area contributed by atoms with Crippen LogP contribution in [0.5, 0.6) is 0 Å². The first-order valence-electron chi connectivity index (χ1n) is 4.14. The molecule has 0 aliphatic carbocycles. The zero-order valence-corrected chi connectivity index (χ0v) is 7.53. The Morgan fingerprint density at radius 1 is 1.46 bits per heavy atom. The van der Waals surface area contributed by atoms with Gasteiger partial charge in [0.15, 0.2) is 0 Å². The normalized spacial score (nSPS) is 12.5. The van der Waals surface area contributed by atoms with Crippen LogP contribution in [0.2, 0.25) is 0 Å². The van der Waals surface area contributed by atoms with Gasteiger partial charge in [0.2, 0.25) is 0 Å². The Morgan fingerprint density at radius 2 is 2.00 bits per heavy atom. The molecule has 3 nitrogen and oxygen atoms in total. The molecule has 1 aromatic rings. The maximum absolute atomic E-state index is 10.7. The standard InChI is InChI=1S/C10H13NO2/c1-7-2-4-8(5-3-7)9(6-11)10(12)13/h2-5,9H,6,11H2,1H3,(H,12,13)/t9-/m0/s1. The molecule has 0 saturated carbocycles. The van der Waals surface area contributed by atoms with Gasteiger partial charge in [0.25, 0.3) is 0 Å². The van der Waals surface area contributed by atoms with Crippen LogP contribution in [0.4, 0.5) is 0 Å². The monoisotopic (exact) mass is 179 g/mol. The summed E-state index contributed by atoms with van der Waals surface area (Å²) in [5.41, 5.74) is 7.24. The molecule has 1 aromatic carbocycles. The van der Waals surface area contributed by atoms with Crippen molar-refractivity contribution in [2.24, 2.45) is 5.73 Å². The summed E-state index contributed by atoms with van der Waals surface area (Å²) < 4.78 is 0. The summed E-state index contributed by atoms with van der Waals surface area (Å²) >= 11 is 0. The summed E-state index contributed by atoms with van der Waals surface area (Å²) in [6, 6.07) is 7.39. The van der Waals surface area contributed by atoms with Gasteiger partial charge in [-0.3, -0.25) is 4.79 Å². The highest BCUT2D eigenvalue weighted by molar-refractivity contribution is 5.76. The van der Waals surface area contributed by atoms with Crippen LogP contribution in [0.3, 0.4) is 0 Å². The van der Waals surface area contributed by atoms with Crippen molar-refractivity contribution in [3.05, 3.63) is 35.4 Å². The van der Waals surface area contributed by atoms with Crippen molar-refractivity contribution in [1.82, 2.24) is 0 Å². The number of carboxylic acids is 1. The number of carboxylic acid groups (broad SMARTS) is 1. The number of carbonyl (C=O) groups is 1. The molecule has 0 amide bonds. The third-order valence-corrected chi connectivity index (χ3v) is 2.01. The van der Waals surface area contributed by atoms with E-state index in [0.29, 0.717) is 0 Å². The van der Waals surface area contributed by atoms with Crippen LogP contribution in [0.15, 0.2) is 24.3 Å². The Labute approximate surface area is 77.2 Å². The number of aliphatic carboxylic acids is 1. The van der Waals surface area contributed by atoms with Gasteiger partial charge in [-0.1, -0.05) is 29.8 Å². The lowest BCUT2D eigenvalue weighted by Crippen LogP contribution is -2.20. The van der Waals surface area contributed by atoms with E-state index in [1.165, 1.54) is 0 Å². The first kappa shape index (κ1) is 9.74. The van der Waals surface area contributed by atoms with Crippen LogP contribution in [-0.2, 0) is 4.79 Å². The van der Waals surface area contributed by atoms with Crippen molar-refractivity contribution >= 4 is 5.97 Å². The molecular weight excluding hydrogens is 166 g/mol. The average molecular weight is 179 g/mol. The zero-order valence-electron chi connectivity index (χ0n) is 7.53. The highest BCUT2D eigenvalue weighted by atomic mass is 16.4. The molecular formula is C10H13NO2. The second kappa shape index (κ2) is 4.05. The first-order valence-corrected chi connectivity index (χ1v) is 4.14. The molecule has 3 heteroatoms. The molecule has 13 heavy (non-hydrogen) atoms. The highest BCUT2D eigenvalue weighted by Gasteiger charge is 2.16.